The molecule has 0 fully saturated rings. The topological polar surface area (TPSA) is 58.1 Å². The number of carbonyl (C=O) groups is 1. The van der Waals surface area contributed by atoms with E-state index in [0.717, 1.165) is 12.0 Å². The summed E-state index contributed by atoms with van der Waals surface area (Å²) in [6.45, 7) is 2.93. The predicted octanol–water partition coefficient (Wildman–Crippen LogP) is 3.87. The van der Waals surface area contributed by atoms with Crippen LogP contribution in [0.15, 0.2) is 54.6 Å². The number of anilines is 2. The maximum Gasteiger partial charge on any atom is 0.272 e. The Morgan fingerprint density at radius 2 is 1.81 bits per heavy atom. The summed E-state index contributed by atoms with van der Waals surface area (Å²) in [7, 11) is 0. The second-order valence-corrected chi connectivity index (χ2v) is 6.54. The second-order valence-electron chi connectivity index (χ2n) is 6.54. The molecule has 1 aromatic heterocycles. The first-order valence-electron chi connectivity index (χ1n) is 8.83. The van der Waals surface area contributed by atoms with Crippen molar-refractivity contribution in [3.05, 3.63) is 83.1 Å². The van der Waals surface area contributed by atoms with Crippen LogP contribution < -0.4 is 5.32 Å². The van der Waals surface area contributed by atoms with Gasteiger partial charge in [0.25, 0.3) is 5.91 Å². The van der Waals surface area contributed by atoms with E-state index in [-0.39, 0.29) is 11.7 Å². The Kier molecular flexibility index (Phi) is 4.54. The first-order chi connectivity index (χ1) is 13.1. The van der Waals surface area contributed by atoms with E-state index < -0.39 is 0 Å². The van der Waals surface area contributed by atoms with Gasteiger partial charge in [-0.1, -0.05) is 36.4 Å². The number of amides is 1. The van der Waals surface area contributed by atoms with Crippen molar-refractivity contribution < 1.29 is 9.18 Å². The van der Waals surface area contributed by atoms with Crippen molar-refractivity contribution in [3.8, 4) is 0 Å². The molecule has 1 aliphatic rings. The van der Waals surface area contributed by atoms with Crippen LogP contribution in [0.4, 0.5) is 15.9 Å². The number of hydrogen-bond donors (Lipinski definition) is 1. The van der Waals surface area contributed by atoms with E-state index in [2.05, 4.69) is 21.4 Å². The summed E-state index contributed by atoms with van der Waals surface area (Å²) in [6, 6.07) is 16.1. The van der Waals surface area contributed by atoms with E-state index in [4.69, 9.17) is 0 Å². The number of hydrogen-bond acceptors (Lipinski definition) is 4. The van der Waals surface area contributed by atoms with Crippen molar-refractivity contribution in [2.45, 2.75) is 19.9 Å². The molecule has 0 unspecified atom stereocenters. The van der Waals surface area contributed by atoms with Gasteiger partial charge >= 0.3 is 0 Å². The number of nitrogens with one attached hydrogen (secondary N) is 1. The zero-order chi connectivity index (χ0) is 18.8. The van der Waals surface area contributed by atoms with Gasteiger partial charge in [0.2, 0.25) is 0 Å². The van der Waals surface area contributed by atoms with Crippen LogP contribution in [0.5, 0.6) is 0 Å². The van der Waals surface area contributed by atoms with E-state index in [9.17, 15) is 9.18 Å². The third-order valence-electron chi connectivity index (χ3n) is 4.61. The lowest BCUT2D eigenvalue weighted by Crippen LogP contribution is -2.36. The Bertz CT molecular complexity index is 1000. The molecule has 0 saturated carbocycles. The Morgan fingerprint density at radius 1 is 1.07 bits per heavy atom. The number of carbonyl (C=O) groups excluding carboxylic acids is 1. The van der Waals surface area contributed by atoms with Gasteiger partial charge in [0.1, 0.15) is 23.2 Å². The molecule has 0 atom stereocenters. The summed E-state index contributed by atoms with van der Waals surface area (Å²) >= 11 is 0. The highest BCUT2D eigenvalue weighted by Crippen LogP contribution is 2.22. The fraction of sp³-hybridized carbons (Fsp3) is 0.190. The van der Waals surface area contributed by atoms with Crippen molar-refractivity contribution in [2.24, 2.45) is 0 Å². The SMILES string of the molecule is Cc1nc(Nc2ccccc2F)cc(C(=O)N2CCc3ccccc3C2)n1. The summed E-state index contributed by atoms with van der Waals surface area (Å²) in [4.78, 5) is 23.3. The normalized spacial score (nSPS) is 13.2. The Hall–Kier alpha value is -3.28. The number of rotatable bonds is 3. The van der Waals surface area contributed by atoms with E-state index in [1.54, 1.807) is 36.1 Å². The molecular weight excluding hydrogens is 343 g/mol. The van der Waals surface area contributed by atoms with Crippen LogP contribution in [0, 0.1) is 12.7 Å². The maximum atomic E-state index is 13.9. The van der Waals surface area contributed by atoms with Gasteiger partial charge in [-0.2, -0.15) is 0 Å². The van der Waals surface area contributed by atoms with Crippen LogP contribution in [0.3, 0.4) is 0 Å². The van der Waals surface area contributed by atoms with E-state index in [0.29, 0.717) is 36.1 Å². The van der Waals surface area contributed by atoms with Gasteiger partial charge in [0.15, 0.2) is 0 Å². The Balaban J connectivity index is 1.58. The van der Waals surface area contributed by atoms with Crippen LogP contribution >= 0.6 is 0 Å². The molecule has 2 heterocycles. The van der Waals surface area contributed by atoms with Gasteiger partial charge in [0.05, 0.1) is 5.69 Å². The van der Waals surface area contributed by atoms with Gasteiger partial charge in [0, 0.05) is 19.2 Å². The Labute approximate surface area is 156 Å². The van der Waals surface area contributed by atoms with E-state index >= 15 is 0 Å². The number of fused-ring (bicyclic) bond motifs is 1. The fourth-order valence-corrected chi connectivity index (χ4v) is 3.27. The quantitative estimate of drug-likeness (QED) is 0.768. The average molecular weight is 362 g/mol. The molecule has 0 radical (unpaired) electrons. The van der Waals surface area contributed by atoms with Gasteiger partial charge in [-0.15, -0.1) is 0 Å². The molecule has 27 heavy (non-hydrogen) atoms. The van der Waals surface area contributed by atoms with Gasteiger partial charge in [-0.25, -0.2) is 14.4 Å². The predicted molar refractivity (Wildman–Crippen MR) is 101 cm³/mol. The second kappa shape index (κ2) is 7.15. The molecule has 1 aliphatic heterocycles. The van der Waals surface area contributed by atoms with Crippen molar-refractivity contribution >= 4 is 17.4 Å². The summed E-state index contributed by atoms with van der Waals surface area (Å²) in [5, 5.41) is 2.93. The van der Waals surface area contributed by atoms with Crippen molar-refractivity contribution in [1.29, 1.82) is 0 Å². The van der Waals surface area contributed by atoms with Crippen LogP contribution in [-0.4, -0.2) is 27.3 Å². The van der Waals surface area contributed by atoms with Crippen molar-refractivity contribution in [1.82, 2.24) is 14.9 Å². The third-order valence-corrected chi connectivity index (χ3v) is 4.61. The molecule has 5 nitrogen and oxygen atoms in total. The van der Waals surface area contributed by atoms with Crippen LogP contribution in [0.1, 0.15) is 27.4 Å². The largest absolute Gasteiger partial charge is 0.338 e. The number of aryl methyl sites for hydroxylation is 1. The van der Waals surface area contributed by atoms with E-state index in [1.165, 1.54) is 11.6 Å². The van der Waals surface area contributed by atoms with Gasteiger partial charge < -0.3 is 10.2 Å². The zero-order valence-corrected chi connectivity index (χ0v) is 14.9. The standard InChI is InChI=1S/C21H19FN4O/c1-14-23-19(12-20(24-14)25-18-9-5-4-8-17(18)22)21(27)26-11-10-15-6-2-3-7-16(15)13-26/h2-9,12H,10-11,13H2,1H3,(H,23,24,25). The van der Waals surface area contributed by atoms with Crippen molar-refractivity contribution in [3.63, 3.8) is 0 Å². The number of nitrogens with zero attached hydrogens (tertiary/aromatic N) is 3. The van der Waals surface area contributed by atoms with Crippen LogP contribution in [0.2, 0.25) is 0 Å². The minimum atomic E-state index is -0.380. The molecule has 2 aromatic carbocycles. The van der Waals surface area contributed by atoms with Crippen LogP contribution in [0.25, 0.3) is 0 Å². The minimum absolute atomic E-state index is 0.147. The molecule has 6 heteroatoms. The highest BCUT2D eigenvalue weighted by Gasteiger charge is 2.23. The van der Waals surface area contributed by atoms with Crippen molar-refractivity contribution in [2.75, 3.05) is 11.9 Å². The third kappa shape index (κ3) is 3.65. The van der Waals surface area contributed by atoms with Gasteiger partial charge in [-0.05, 0) is 36.6 Å². The first-order valence-corrected chi connectivity index (χ1v) is 8.83. The first kappa shape index (κ1) is 17.1. The molecule has 0 bridgehead atoms. The average Bonchev–Trinajstić information content (AvgIpc) is 2.68. The minimum Gasteiger partial charge on any atom is -0.338 e. The molecule has 1 N–H and O–H groups in total. The fourth-order valence-electron chi connectivity index (χ4n) is 3.27. The Morgan fingerprint density at radius 3 is 2.63 bits per heavy atom. The molecule has 136 valence electrons. The molecular formula is C21H19FN4O. The number of halogens is 1. The summed E-state index contributed by atoms with van der Waals surface area (Å²) in [5.41, 5.74) is 3.05. The lowest BCUT2D eigenvalue weighted by atomic mass is 10.00. The van der Waals surface area contributed by atoms with Crippen LogP contribution in [-0.2, 0) is 13.0 Å². The molecule has 0 saturated heterocycles. The lowest BCUT2D eigenvalue weighted by molar-refractivity contribution is 0.0728. The number of para-hydroxylation sites is 1. The number of aromatic nitrogens is 2. The zero-order valence-electron chi connectivity index (χ0n) is 14.9. The molecule has 4 rings (SSSR count). The maximum absolute atomic E-state index is 13.9. The smallest absolute Gasteiger partial charge is 0.272 e. The highest BCUT2D eigenvalue weighted by atomic mass is 19.1. The molecule has 0 spiro atoms. The molecule has 1 amide bonds. The highest BCUT2D eigenvalue weighted by molar-refractivity contribution is 5.93. The summed E-state index contributed by atoms with van der Waals surface area (Å²) in [6.07, 6.45) is 0.826. The summed E-state index contributed by atoms with van der Waals surface area (Å²) < 4.78 is 13.9. The van der Waals surface area contributed by atoms with E-state index in [1.807, 2.05) is 18.2 Å². The molecule has 3 aromatic rings. The van der Waals surface area contributed by atoms with Gasteiger partial charge in [-0.3, -0.25) is 4.79 Å². The summed E-state index contributed by atoms with van der Waals surface area (Å²) in [5.74, 6) is 0.325. The number of benzene rings is 2. The molecule has 0 aliphatic carbocycles. The lowest BCUT2D eigenvalue weighted by Gasteiger charge is -2.28. The monoisotopic (exact) mass is 362 g/mol.